The van der Waals surface area contributed by atoms with Crippen molar-refractivity contribution in [3.05, 3.63) is 35.9 Å². The maximum Gasteiger partial charge on any atom is 0.0818 e. The lowest BCUT2D eigenvalue weighted by atomic mass is 9.44. The molecule has 4 aliphatic carbocycles. The Morgan fingerprint density at radius 3 is 2.38 bits per heavy atom. The summed E-state index contributed by atoms with van der Waals surface area (Å²) in [6.45, 7) is 5.17. The van der Waals surface area contributed by atoms with Crippen molar-refractivity contribution in [3.63, 3.8) is 0 Å². The molecule has 0 amide bonds. The van der Waals surface area contributed by atoms with Crippen LogP contribution >= 0.6 is 0 Å². The number of hydrogen-bond donors (Lipinski definition) is 1. The third kappa shape index (κ3) is 3.04. The fourth-order valence-corrected chi connectivity index (χ4v) is 8.84. The van der Waals surface area contributed by atoms with E-state index in [9.17, 15) is 5.11 Å². The van der Waals surface area contributed by atoms with E-state index in [-0.39, 0.29) is 6.10 Å². The zero-order chi connectivity index (χ0) is 20.2. The highest BCUT2D eigenvalue weighted by Crippen LogP contribution is 2.67. The van der Waals surface area contributed by atoms with E-state index in [0.717, 1.165) is 29.2 Å². The molecule has 1 N–H and O–H groups in total. The third-order valence-electron chi connectivity index (χ3n) is 10.5. The molecule has 0 aromatic heterocycles. The number of benzene rings is 1. The van der Waals surface area contributed by atoms with E-state index in [1.165, 1.54) is 57.8 Å². The molecular weight excluding hydrogens is 356 g/mol. The van der Waals surface area contributed by atoms with Crippen LogP contribution in [0.25, 0.3) is 0 Å². The van der Waals surface area contributed by atoms with Gasteiger partial charge in [-0.3, -0.25) is 0 Å². The van der Waals surface area contributed by atoms with Gasteiger partial charge in [0.05, 0.1) is 12.2 Å². The van der Waals surface area contributed by atoms with Crippen molar-refractivity contribution in [1.82, 2.24) is 0 Å². The van der Waals surface area contributed by atoms with Gasteiger partial charge in [-0.1, -0.05) is 44.2 Å². The Bertz CT molecular complexity index is 717. The lowest BCUT2D eigenvalue weighted by molar-refractivity contribution is -0.136. The Morgan fingerprint density at radius 1 is 0.897 bits per heavy atom. The summed E-state index contributed by atoms with van der Waals surface area (Å²) in [7, 11) is 1.93. The van der Waals surface area contributed by atoms with Gasteiger partial charge in [-0.2, -0.15) is 0 Å². The van der Waals surface area contributed by atoms with E-state index in [1.807, 2.05) is 13.2 Å². The molecule has 2 heteroatoms. The van der Waals surface area contributed by atoms with Gasteiger partial charge in [0, 0.05) is 7.11 Å². The van der Waals surface area contributed by atoms with Crippen LogP contribution in [0.2, 0.25) is 0 Å². The van der Waals surface area contributed by atoms with Gasteiger partial charge in [0.15, 0.2) is 0 Å². The Kier molecular flexibility index (Phi) is 5.10. The minimum atomic E-state index is -0.287. The molecule has 4 saturated carbocycles. The summed E-state index contributed by atoms with van der Waals surface area (Å²) < 4.78 is 5.95. The molecular formula is C27H40O2. The maximum absolute atomic E-state index is 11.1. The van der Waals surface area contributed by atoms with Crippen LogP contribution in [0.4, 0.5) is 0 Å². The quantitative estimate of drug-likeness (QED) is 0.641. The average molecular weight is 397 g/mol. The minimum Gasteiger partial charge on any atom is -0.388 e. The standard InChI is InChI=1S/C27H40O2/c1-26-15-13-19(25(28)18-7-5-4-6-8-18)17-20(26)9-10-21-22-11-12-24(29-3)27(22,2)16-14-23(21)26/h4-8,19-25,28H,9-17H2,1-3H3/t19-,20+,21-,22-,23-,24-,25?,26-,27-/m0/s1. The summed E-state index contributed by atoms with van der Waals surface area (Å²) in [4.78, 5) is 0. The van der Waals surface area contributed by atoms with Crippen LogP contribution in [-0.2, 0) is 4.74 Å². The molecule has 0 heterocycles. The third-order valence-corrected chi connectivity index (χ3v) is 10.5. The first kappa shape index (κ1) is 20.1. The van der Waals surface area contributed by atoms with Crippen LogP contribution in [0, 0.1) is 40.4 Å². The van der Waals surface area contributed by atoms with Crippen molar-refractivity contribution < 1.29 is 9.84 Å². The van der Waals surface area contributed by atoms with Gasteiger partial charge in [-0.05, 0) is 104 Å². The molecule has 4 fully saturated rings. The van der Waals surface area contributed by atoms with Gasteiger partial charge in [-0.15, -0.1) is 0 Å². The molecule has 9 atom stereocenters. The molecule has 1 aromatic rings. The van der Waals surface area contributed by atoms with E-state index >= 15 is 0 Å². The molecule has 5 rings (SSSR count). The van der Waals surface area contributed by atoms with Crippen molar-refractivity contribution >= 4 is 0 Å². The average Bonchev–Trinajstić information content (AvgIpc) is 3.09. The SMILES string of the molecule is CO[C@H]1CC[C@H]2[C@@H]3CC[C@@H]4C[C@@H](C(O)c5ccccc5)CC[C@]4(C)[C@H]3CC[C@]12C. The fraction of sp³-hybridized carbons (Fsp3) is 0.778. The normalized spacial score (nSPS) is 47.7. The molecule has 1 unspecified atom stereocenters. The van der Waals surface area contributed by atoms with E-state index in [0.29, 0.717) is 22.9 Å². The summed E-state index contributed by atoms with van der Waals surface area (Å²) in [5.41, 5.74) is 2.02. The second kappa shape index (κ2) is 7.38. The van der Waals surface area contributed by atoms with Gasteiger partial charge in [-0.25, -0.2) is 0 Å². The molecule has 29 heavy (non-hydrogen) atoms. The lowest BCUT2D eigenvalue weighted by Gasteiger charge is -2.61. The van der Waals surface area contributed by atoms with E-state index in [1.54, 1.807) is 0 Å². The van der Waals surface area contributed by atoms with Crippen LogP contribution in [0.15, 0.2) is 30.3 Å². The van der Waals surface area contributed by atoms with Gasteiger partial charge in [0.25, 0.3) is 0 Å². The van der Waals surface area contributed by atoms with Crippen molar-refractivity contribution in [1.29, 1.82) is 0 Å². The van der Waals surface area contributed by atoms with Crippen molar-refractivity contribution in [2.24, 2.45) is 40.4 Å². The predicted octanol–water partition coefficient (Wildman–Crippen LogP) is 6.39. The molecule has 4 aliphatic rings. The molecule has 2 nitrogen and oxygen atoms in total. The fourth-order valence-electron chi connectivity index (χ4n) is 8.84. The summed E-state index contributed by atoms with van der Waals surface area (Å²) in [5.74, 6) is 3.90. The summed E-state index contributed by atoms with van der Waals surface area (Å²) in [5, 5.41) is 11.1. The van der Waals surface area contributed by atoms with Crippen LogP contribution in [0.5, 0.6) is 0 Å². The molecule has 0 spiro atoms. The summed E-state index contributed by atoms with van der Waals surface area (Å²) in [6, 6.07) is 10.4. The Balaban J connectivity index is 1.33. The summed E-state index contributed by atoms with van der Waals surface area (Å²) >= 11 is 0. The highest BCUT2D eigenvalue weighted by molar-refractivity contribution is 5.19. The largest absolute Gasteiger partial charge is 0.388 e. The van der Waals surface area contributed by atoms with Crippen LogP contribution in [0.3, 0.4) is 0 Å². The van der Waals surface area contributed by atoms with Crippen molar-refractivity contribution in [3.8, 4) is 0 Å². The first-order valence-corrected chi connectivity index (χ1v) is 12.2. The van der Waals surface area contributed by atoms with Crippen molar-refractivity contribution in [2.45, 2.75) is 83.8 Å². The Hall–Kier alpha value is -0.860. The zero-order valence-electron chi connectivity index (χ0n) is 18.6. The topological polar surface area (TPSA) is 29.5 Å². The highest BCUT2D eigenvalue weighted by Gasteiger charge is 2.60. The molecule has 0 aliphatic heterocycles. The monoisotopic (exact) mass is 396 g/mol. The number of aliphatic hydroxyl groups is 1. The van der Waals surface area contributed by atoms with Crippen LogP contribution in [0.1, 0.15) is 83.3 Å². The number of rotatable bonds is 3. The second-order valence-electron chi connectivity index (χ2n) is 11.4. The van der Waals surface area contributed by atoms with Gasteiger partial charge in [0.2, 0.25) is 0 Å². The number of aliphatic hydroxyl groups excluding tert-OH is 1. The number of ether oxygens (including phenoxy) is 1. The smallest absolute Gasteiger partial charge is 0.0818 e. The molecule has 0 radical (unpaired) electrons. The van der Waals surface area contributed by atoms with Crippen LogP contribution in [-0.4, -0.2) is 18.3 Å². The predicted molar refractivity (Wildman–Crippen MR) is 117 cm³/mol. The molecule has 0 saturated heterocycles. The Morgan fingerprint density at radius 2 is 1.62 bits per heavy atom. The minimum absolute atomic E-state index is 0.287. The number of methoxy groups -OCH3 is 1. The lowest BCUT2D eigenvalue weighted by Crippen LogP contribution is -2.54. The molecule has 1 aromatic carbocycles. The number of hydrogen-bond acceptors (Lipinski definition) is 2. The molecule has 160 valence electrons. The summed E-state index contributed by atoms with van der Waals surface area (Å²) in [6.07, 6.45) is 12.1. The maximum atomic E-state index is 11.1. The zero-order valence-corrected chi connectivity index (χ0v) is 18.6. The first-order chi connectivity index (χ1) is 14.0. The van der Waals surface area contributed by atoms with Crippen LogP contribution < -0.4 is 0 Å². The van der Waals surface area contributed by atoms with E-state index in [2.05, 4.69) is 38.1 Å². The van der Waals surface area contributed by atoms with E-state index < -0.39 is 0 Å². The van der Waals surface area contributed by atoms with Gasteiger partial charge < -0.3 is 9.84 Å². The first-order valence-electron chi connectivity index (χ1n) is 12.2. The molecule has 0 bridgehead atoms. The number of fused-ring (bicyclic) bond motifs is 5. The van der Waals surface area contributed by atoms with Gasteiger partial charge in [0.1, 0.15) is 0 Å². The van der Waals surface area contributed by atoms with E-state index in [4.69, 9.17) is 4.74 Å². The Labute approximate surface area is 177 Å². The van der Waals surface area contributed by atoms with Crippen molar-refractivity contribution in [2.75, 3.05) is 7.11 Å². The second-order valence-corrected chi connectivity index (χ2v) is 11.4. The van der Waals surface area contributed by atoms with Gasteiger partial charge >= 0.3 is 0 Å². The highest BCUT2D eigenvalue weighted by atomic mass is 16.5.